The Morgan fingerprint density at radius 2 is 1.62 bits per heavy atom. The summed E-state index contributed by atoms with van der Waals surface area (Å²) in [4.78, 5) is 11.9. The van der Waals surface area contributed by atoms with Crippen LogP contribution in [-0.4, -0.2) is 11.0 Å². The van der Waals surface area contributed by atoms with Gasteiger partial charge in [0.05, 0.1) is 0 Å². The molecule has 0 saturated carbocycles. The van der Waals surface area contributed by atoms with Crippen LogP contribution in [0.15, 0.2) is 53.0 Å². The van der Waals surface area contributed by atoms with Crippen LogP contribution in [0.1, 0.15) is 10.4 Å². The second-order valence-corrected chi connectivity index (χ2v) is 5.81. The van der Waals surface area contributed by atoms with Gasteiger partial charge >= 0.3 is 0 Å². The van der Waals surface area contributed by atoms with Crippen LogP contribution >= 0.6 is 39.7 Å². The Labute approximate surface area is 141 Å². The Hall–Kier alpha value is -1.63. The molecule has 108 valence electrons. The topological polar surface area (TPSA) is 53.2 Å². The number of anilines is 1. The highest BCUT2D eigenvalue weighted by atomic mass is 79.9. The van der Waals surface area contributed by atoms with E-state index >= 15 is 0 Å². The van der Waals surface area contributed by atoms with Gasteiger partial charge in [0.2, 0.25) is 0 Å². The molecule has 4 nitrogen and oxygen atoms in total. The van der Waals surface area contributed by atoms with Crippen molar-refractivity contribution in [1.82, 2.24) is 10.9 Å². The van der Waals surface area contributed by atoms with Crippen LogP contribution in [0.3, 0.4) is 0 Å². The molecule has 21 heavy (non-hydrogen) atoms. The molecule has 0 fully saturated rings. The molecule has 0 bridgehead atoms. The summed E-state index contributed by atoms with van der Waals surface area (Å²) in [5, 5.41) is 3.85. The summed E-state index contributed by atoms with van der Waals surface area (Å²) < 4.78 is 0.909. The number of hydrazine groups is 1. The lowest BCUT2D eigenvalue weighted by molar-refractivity contribution is 0.0944. The molecule has 0 aromatic heterocycles. The van der Waals surface area contributed by atoms with Crippen molar-refractivity contribution in [3.63, 3.8) is 0 Å². The first kappa shape index (κ1) is 15.8. The lowest BCUT2D eigenvalue weighted by Gasteiger charge is -2.11. The van der Waals surface area contributed by atoms with E-state index in [1.807, 2.05) is 0 Å². The SMILES string of the molecule is O=C(NNC(=S)Nc1ccc(Cl)cc1)c1ccc(Br)cc1. The highest BCUT2D eigenvalue weighted by molar-refractivity contribution is 9.10. The van der Waals surface area contributed by atoms with E-state index in [2.05, 4.69) is 32.1 Å². The van der Waals surface area contributed by atoms with E-state index in [1.165, 1.54) is 0 Å². The van der Waals surface area contributed by atoms with Crippen molar-refractivity contribution in [2.75, 3.05) is 5.32 Å². The van der Waals surface area contributed by atoms with Gasteiger partial charge in [0.25, 0.3) is 5.91 Å². The van der Waals surface area contributed by atoms with Crippen LogP contribution in [0.2, 0.25) is 5.02 Å². The van der Waals surface area contributed by atoms with Crippen LogP contribution in [0.4, 0.5) is 5.69 Å². The van der Waals surface area contributed by atoms with E-state index < -0.39 is 0 Å². The number of benzene rings is 2. The van der Waals surface area contributed by atoms with E-state index in [1.54, 1.807) is 48.5 Å². The van der Waals surface area contributed by atoms with Gasteiger partial charge in [-0.2, -0.15) is 0 Å². The minimum Gasteiger partial charge on any atom is -0.331 e. The lowest BCUT2D eigenvalue weighted by Crippen LogP contribution is -2.43. The fraction of sp³-hybridized carbons (Fsp3) is 0. The minimum atomic E-state index is -0.275. The molecule has 0 spiro atoms. The minimum absolute atomic E-state index is 0.275. The summed E-state index contributed by atoms with van der Waals surface area (Å²) in [6.45, 7) is 0. The number of hydrogen-bond acceptors (Lipinski definition) is 2. The van der Waals surface area contributed by atoms with Crippen molar-refractivity contribution < 1.29 is 4.79 Å². The molecule has 2 rings (SSSR count). The van der Waals surface area contributed by atoms with Gasteiger partial charge in [-0.1, -0.05) is 27.5 Å². The average molecular weight is 385 g/mol. The molecular formula is C14H11BrClN3OS. The first-order chi connectivity index (χ1) is 10.0. The van der Waals surface area contributed by atoms with Gasteiger partial charge in [0, 0.05) is 20.7 Å². The summed E-state index contributed by atoms with van der Waals surface area (Å²) >= 11 is 14.2. The third-order valence-corrected chi connectivity index (χ3v) is 3.48. The van der Waals surface area contributed by atoms with Gasteiger partial charge in [-0.3, -0.25) is 15.6 Å². The Balaban J connectivity index is 1.84. The van der Waals surface area contributed by atoms with Crippen molar-refractivity contribution in [3.05, 3.63) is 63.6 Å². The Morgan fingerprint density at radius 3 is 2.24 bits per heavy atom. The molecule has 0 unspecified atom stereocenters. The second-order valence-electron chi connectivity index (χ2n) is 4.05. The number of carbonyl (C=O) groups excluding carboxylic acids is 1. The quantitative estimate of drug-likeness (QED) is 0.545. The van der Waals surface area contributed by atoms with E-state index in [0.29, 0.717) is 10.6 Å². The first-order valence-corrected chi connectivity index (χ1v) is 7.51. The third-order valence-electron chi connectivity index (χ3n) is 2.50. The lowest BCUT2D eigenvalue weighted by atomic mass is 10.2. The summed E-state index contributed by atoms with van der Waals surface area (Å²) in [5.41, 5.74) is 6.45. The molecule has 1 amide bonds. The third kappa shape index (κ3) is 5.00. The molecule has 0 aliphatic carbocycles. The average Bonchev–Trinajstić information content (AvgIpc) is 2.48. The summed E-state index contributed by atoms with van der Waals surface area (Å²) in [6, 6.07) is 14.0. The van der Waals surface area contributed by atoms with Crippen LogP contribution < -0.4 is 16.2 Å². The standard InChI is InChI=1S/C14H11BrClN3OS/c15-10-3-1-9(2-4-10)13(20)18-19-14(21)17-12-7-5-11(16)6-8-12/h1-8H,(H,18,20)(H2,17,19,21). The van der Waals surface area contributed by atoms with Gasteiger partial charge in [-0.05, 0) is 60.7 Å². The van der Waals surface area contributed by atoms with E-state index in [4.69, 9.17) is 23.8 Å². The number of amides is 1. The number of halogens is 2. The normalized spacial score (nSPS) is 9.81. The van der Waals surface area contributed by atoms with E-state index in [-0.39, 0.29) is 11.0 Å². The number of nitrogens with one attached hydrogen (secondary N) is 3. The van der Waals surface area contributed by atoms with Gasteiger partial charge in [0.15, 0.2) is 5.11 Å². The van der Waals surface area contributed by atoms with Gasteiger partial charge < -0.3 is 5.32 Å². The van der Waals surface area contributed by atoms with E-state index in [9.17, 15) is 4.79 Å². The predicted octanol–water partition coefficient (Wildman–Crippen LogP) is 3.73. The molecule has 0 atom stereocenters. The van der Waals surface area contributed by atoms with E-state index in [0.717, 1.165) is 10.2 Å². The van der Waals surface area contributed by atoms with Crippen LogP contribution in [-0.2, 0) is 0 Å². The maximum Gasteiger partial charge on any atom is 0.269 e. The van der Waals surface area contributed by atoms with Gasteiger partial charge in [-0.25, -0.2) is 0 Å². The highest BCUT2D eigenvalue weighted by Gasteiger charge is 2.05. The summed E-state index contributed by atoms with van der Waals surface area (Å²) in [5.74, 6) is -0.275. The van der Waals surface area contributed by atoms with Crippen molar-refractivity contribution in [2.24, 2.45) is 0 Å². The number of carbonyl (C=O) groups is 1. The second kappa shape index (κ2) is 7.40. The smallest absolute Gasteiger partial charge is 0.269 e. The Morgan fingerprint density at radius 1 is 1.00 bits per heavy atom. The molecule has 7 heteroatoms. The van der Waals surface area contributed by atoms with Crippen molar-refractivity contribution in [1.29, 1.82) is 0 Å². The zero-order valence-electron chi connectivity index (χ0n) is 10.7. The summed E-state index contributed by atoms with van der Waals surface area (Å²) in [7, 11) is 0. The Bertz CT molecular complexity index is 646. The largest absolute Gasteiger partial charge is 0.331 e. The van der Waals surface area contributed by atoms with Crippen LogP contribution in [0, 0.1) is 0 Å². The fourth-order valence-corrected chi connectivity index (χ4v) is 2.04. The number of thiocarbonyl (C=S) groups is 1. The molecule has 0 radical (unpaired) electrons. The molecular weight excluding hydrogens is 374 g/mol. The molecule has 0 aliphatic rings. The van der Waals surface area contributed by atoms with Crippen molar-refractivity contribution >= 4 is 56.5 Å². The number of rotatable bonds is 2. The number of hydrogen-bond donors (Lipinski definition) is 3. The van der Waals surface area contributed by atoms with Gasteiger partial charge in [-0.15, -0.1) is 0 Å². The summed E-state index contributed by atoms with van der Waals surface area (Å²) in [6.07, 6.45) is 0. The zero-order chi connectivity index (χ0) is 15.2. The Kier molecular flexibility index (Phi) is 5.55. The van der Waals surface area contributed by atoms with Crippen LogP contribution in [0.5, 0.6) is 0 Å². The van der Waals surface area contributed by atoms with Crippen molar-refractivity contribution in [2.45, 2.75) is 0 Å². The van der Waals surface area contributed by atoms with Crippen LogP contribution in [0.25, 0.3) is 0 Å². The zero-order valence-corrected chi connectivity index (χ0v) is 13.8. The first-order valence-electron chi connectivity index (χ1n) is 5.93. The van der Waals surface area contributed by atoms with Crippen molar-refractivity contribution in [3.8, 4) is 0 Å². The molecule has 0 aliphatic heterocycles. The molecule has 2 aromatic rings. The molecule has 0 heterocycles. The molecule has 3 N–H and O–H groups in total. The maximum absolute atomic E-state index is 11.9. The highest BCUT2D eigenvalue weighted by Crippen LogP contribution is 2.13. The van der Waals surface area contributed by atoms with Gasteiger partial charge in [0.1, 0.15) is 0 Å². The fourth-order valence-electron chi connectivity index (χ4n) is 1.48. The molecule has 2 aromatic carbocycles. The molecule has 0 saturated heterocycles. The maximum atomic E-state index is 11.9. The monoisotopic (exact) mass is 383 g/mol. The predicted molar refractivity (Wildman–Crippen MR) is 92.4 cm³/mol.